The van der Waals surface area contributed by atoms with Crippen LogP contribution in [0.1, 0.15) is 49.7 Å². The molecule has 0 aliphatic heterocycles. The van der Waals surface area contributed by atoms with Crippen LogP contribution in [-0.4, -0.2) is 24.5 Å². The van der Waals surface area contributed by atoms with Gasteiger partial charge < -0.3 is 10.6 Å². The van der Waals surface area contributed by atoms with Crippen LogP contribution in [0.15, 0.2) is 24.3 Å². The highest BCUT2D eigenvalue weighted by atomic mass is 16.1. The Bertz CT molecular complexity index is 480. The van der Waals surface area contributed by atoms with Gasteiger partial charge in [-0.15, -0.1) is 0 Å². The van der Waals surface area contributed by atoms with Crippen molar-refractivity contribution in [3.05, 3.63) is 35.4 Å². The van der Waals surface area contributed by atoms with E-state index in [-0.39, 0.29) is 5.91 Å². The number of benzene rings is 1. The molecule has 21 heavy (non-hydrogen) atoms. The number of fused-ring (bicyclic) bond motifs is 1. The van der Waals surface area contributed by atoms with Gasteiger partial charge in [-0.3, -0.25) is 4.79 Å². The molecule has 1 unspecified atom stereocenters. The van der Waals surface area contributed by atoms with E-state index in [2.05, 4.69) is 34.9 Å². The minimum absolute atomic E-state index is 0.167. The molecule has 2 N–H and O–H groups in total. The maximum atomic E-state index is 12.0. The number of aryl methyl sites for hydroxylation is 1. The van der Waals surface area contributed by atoms with Crippen LogP contribution in [-0.2, 0) is 17.6 Å². The van der Waals surface area contributed by atoms with E-state index in [9.17, 15) is 4.79 Å². The second-order valence-corrected chi connectivity index (χ2v) is 6.49. The SMILES string of the molecule is O=C(CNC1CCc2ccccc2C1)NC1CCCCC1. The summed E-state index contributed by atoms with van der Waals surface area (Å²) in [4.78, 5) is 12.0. The lowest BCUT2D eigenvalue weighted by Gasteiger charge is -2.26. The van der Waals surface area contributed by atoms with Crippen LogP contribution < -0.4 is 10.6 Å². The topological polar surface area (TPSA) is 41.1 Å². The van der Waals surface area contributed by atoms with E-state index in [4.69, 9.17) is 0 Å². The first-order valence-electron chi connectivity index (χ1n) is 8.41. The summed E-state index contributed by atoms with van der Waals surface area (Å²) in [6.45, 7) is 0.462. The number of hydrogen-bond acceptors (Lipinski definition) is 2. The van der Waals surface area contributed by atoms with Crippen molar-refractivity contribution >= 4 is 5.91 Å². The van der Waals surface area contributed by atoms with Gasteiger partial charge in [0.05, 0.1) is 6.54 Å². The number of amides is 1. The Labute approximate surface area is 127 Å². The van der Waals surface area contributed by atoms with Gasteiger partial charge in [0.2, 0.25) is 5.91 Å². The molecule has 0 heterocycles. The Morgan fingerprint density at radius 2 is 1.76 bits per heavy atom. The highest BCUT2D eigenvalue weighted by Crippen LogP contribution is 2.21. The van der Waals surface area contributed by atoms with Crippen LogP contribution in [0.25, 0.3) is 0 Å². The summed E-state index contributed by atoms with van der Waals surface area (Å²) in [5.74, 6) is 0.167. The lowest BCUT2D eigenvalue weighted by atomic mass is 9.88. The van der Waals surface area contributed by atoms with Gasteiger partial charge in [0.15, 0.2) is 0 Å². The molecular weight excluding hydrogens is 260 g/mol. The Balaban J connectivity index is 1.42. The number of nitrogens with one attached hydrogen (secondary N) is 2. The van der Waals surface area contributed by atoms with Crippen LogP contribution >= 0.6 is 0 Å². The lowest BCUT2D eigenvalue weighted by molar-refractivity contribution is -0.121. The molecule has 1 saturated carbocycles. The van der Waals surface area contributed by atoms with Crippen LogP contribution in [0, 0.1) is 0 Å². The molecule has 1 fully saturated rings. The predicted octanol–water partition coefficient (Wildman–Crippen LogP) is 2.58. The molecule has 0 aromatic heterocycles. The molecule has 0 bridgehead atoms. The van der Waals surface area contributed by atoms with E-state index in [1.54, 1.807) is 0 Å². The molecule has 114 valence electrons. The number of carbonyl (C=O) groups excluding carboxylic acids is 1. The second-order valence-electron chi connectivity index (χ2n) is 6.49. The first-order chi connectivity index (χ1) is 10.3. The molecule has 1 amide bonds. The summed E-state index contributed by atoms with van der Waals surface area (Å²) < 4.78 is 0. The molecule has 2 aliphatic carbocycles. The third kappa shape index (κ3) is 4.07. The van der Waals surface area contributed by atoms with E-state index < -0.39 is 0 Å². The van der Waals surface area contributed by atoms with Crippen molar-refractivity contribution in [2.45, 2.75) is 63.5 Å². The zero-order valence-corrected chi connectivity index (χ0v) is 12.7. The summed E-state index contributed by atoms with van der Waals surface area (Å²) in [6.07, 6.45) is 9.46. The molecule has 0 spiro atoms. The maximum Gasteiger partial charge on any atom is 0.234 e. The monoisotopic (exact) mass is 286 g/mol. The fourth-order valence-electron chi connectivity index (χ4n) is 3.63. The molecule has 0 saturated heterocycles. The largest absolute Gasteiger partial charge is 0.352 e. The van der Waals surface area contributed by atoms with Crippen LogP contribution in [0.2, 0.25) is 0 Å². The minimum atomic E-state index is 0.167. The van der Waals surface area contributed by atoms with E-state index in [1.807, 2.05) is 0 Å². The Morgan fingerprint density at radius 1 is 1.00 bits per heavy atom. The molecule has 2 aliphatic rings. The molecule has 1 aromatic rings. The summed E-state index contributed by atoms with van der Waals surface area (Å²) in [5.41, 5.74) is 2.91. The summed E-state index contributed by atoms with van der Waals surface area (Å²) in [6, 6.07) is 9.52. The summed E-state index contributed by atoms with van der Waals surface area (Å²) >= 11 is 0. The lowest BCUT2D eigenvalue weighted by Crippen LogP contribution is -2.45. The maximum absolute atomic E-state index is 12.0. The fourth-order valence-corrected chi connectivity index (χ4v) is 3.63. The van der Waals surface area contributed by atoms with Gasteiger partial charge in [-0.05, 0) is 43.2 Å². The molecular formula is C18H26N2O. The molecule has 1 aromatic carbocycles. The second kappa shape index (κ2) is 7.08. The van der Waals surface area contributed by atoms with Crippen LogP contribution in [0.5, 0.6) is 0 Å². The van der Waals surface area contributed by atoms with Gasteiger partial charge in [-0.25, -0.2) is 0 Å². The van der Waals surface area contributed by atoms with Crippen molar-refractivity contribution in [3.63, 3.8) is 0 Å². The molecule has 1 atom stereocenters. The van der Waals surface area contributed by atoms with Crippen molar-refractivity contribution in [1.29, 1.82) is 0 Å². The zero-order valence-electron chi connectivity index (χ0n) is 12.7. The van der Waals surface area contributed by atoms with E-state index >= 15 is 0 Å². The van der Waals surface area contributed by atoms with Crippen molar-refractivity contribution in [2.75, 3.05) is 6.54 Å². The van der Waals surface area contributed by atoms with Crippen molar-refractivity contribution in [2.24, 2.45) is 0 Å². The average molecular weight is 286 g/mol. The van der Waals surface area contributed by atoms with Crippen molar-refractivity contribution in [1.82, 2.24) is 10.6 Å². The van der Waals surface area contributed by atoms with Crippen molar-refractivity contribution < 1.29 is 4.79 Å². The van der Waals surface area contributed by atoms with E-state index in [0.717, 1.165) is 32.1 Å². The molecule has 3 rings (SSSR count). The Kier molecular flexibility index (Phi) is 4.91. The van der Waals surface area contributed by atoms with Gasteiger partial charge in [-0.2, -0.15) is 0 Å². The summed E-state index contributed by atoms with van der Waals surface area (Å²) in [7, 11) is 0. The van der Waals surface area contributed by atoms with E-state index in [1.165, 1.54) is 30.4 Å². The molecule has 3 nitrogen and oxygen atoms in total. The smallest absolute Gasteiger partial charge is 0.234 e. The van der Waals surface area contributed by atoms with Gasteiger partial charge in [0.25, 0.3) is 0 Å². The van der Waals surface area contributed by atoms with Crippen LogP contribution in [0.4, 0.5) is 0 Å². The van der Waals surface area contributed by atoms with Crippen molar-refractivity contribution in [3.8, 4) is 0 Å². The van der Waals surface area contributed by atoms with Gasteiger partial charge in [0, 0.05) is 12.1 Å². The highest BCUT2D eigenvalue weighted by molar-refractivity contribution is 5.78. The quantitative estimate of drug-likeness (QED) is 0.893. The summed E-state index contributed by atoms with van der Waals surface area (Å²) in [5, 5.41) is 6.62. The third-order valence-electron chi connectivity index (χ3n) is 4.87. The molecule has 0 radical (unpaired) electrons. The Morgan fingerprint density at radius 3 is 2.57 bits per heavy atom. The van der Waals surface area contributed by atoms with E-state index in [0.29, 0.717) is 18.6 Å². The standard InChI is InChI=1S/C18H26N2O/c21-18(20-16-8-2-1-3-9-16)13-19-17-11-10-14-6-4-5-7-15(14)12-17/h4-7,16-17,19H,1-3,8-13H2,(H,20,21). The minimum Gasteiger partial charge on any atom is -0.352 e. The first kappa shape index (κ1) is 14.6. The van der Waals surface area contributed by atoms with Gasteiger partial charge >= 0.3 is 0 Å². The molecule has 3 heteroatoms. The fraction of sp³-hybridized carbons (Fsp3) is 0.611. The zero-order chi connectivity index (χ0) is 14.5. The average Bonchev–Trinajstić information content (AvgIpc) is 2.54. The third-order valence-corrected chi connectivity index (χ3v) is 4.87. The highest BCUT2D eigenvalue weighted by Gasteiger charge is 2.20. The number of hydrogen-bond donors (Lipinski definition) is 2. The van der Waals surface area contributed by atoms with Gasteiger partial charge in [0.1, 0.15) is 0 Å². The van der Waals surface area contributed by atoms with Crippen LogP contribution in [0.3, 0.4) is 0 Å². The first-order valence-corrected chi connectivity index (χ1v) is 8.41. The normalized spacial score (nSPS) is 22.6. The Hall–Kier alpha value is -1.35. The number of rotatable bonds is 4. The predicted molar refractivity (Wildman–Crippen MR) is 85.3 cm³/mol. The number of carbonyl (C=O) groups is 1. The van der Waals surface area contributed by atoms with Gasteiger partial charge in [-0.1, -0.05) is 43.5 Å².